The van der Waals surface area contributed by atoms with Crippen LogP contribution in [-0.4, -0.2) is 105 Å². The lowest BCUT2D eigenvalue weighted by molar-refractivity contribution is -0.149. The maximum atomic E-state index is 17.9. The predicted octanol–water partition coefficient (Wildman–Crippen LogP) is 6.54. The van der Waals surface area contributed by atoms with Gasteiger partial charge < -0.3 is 24.4 Å². The van der Waals surface area contributed by atoms with Crippen molar-refractivity contribution in [2.24, 2.45) is 11.8 Å². The summed E-state index contributed by atoms with van der Waals surface area (Å²) in [7, 11) is 0. The van der Waals surface area contributed by atoms with Crippen LogP contribution in [0.2, 0.25) is 0 Å². The fraction of sp³-hybridized carbons (Fsp3) is 0.561. The highest BCUT2D eigenvalue weighted by atomic mass is 32.1. The first-order valence-corrected chi connectivity index (χ1v) is 21.3. The number of hydrogen-bond acceptors (Lipinski definition) is 10. The molecule has 7 heterocycles. The van der Waals surface area contributed by atoms with Gasteiger partial charge in [0.05, 0.1) is 27.0 Å². The van der Waals surface area contributed by atoms with E-state index in [1.54, 1.807) is 4.90 Å². The molecule has 0 bridgehead atoms. The number of ether oxygens (including phenoxy) is 1. The van der Waals surface area contributed by atoms with Gasteiger partial charge in [0.1, 0.15) is 58.2 Å². The molecule has 2 amide bonds. The second kappa shape index (κ2) is 13.0. The van der Waals surface area contributed by atoms with Crippen molar-refractivity contribution in [3.63, 3.8) is 0 Å². The van der Waals surface area contributed by atoms with Gasteiger partial charge in [0.2, 0.25) is 11.8 Å². The Morgan fingerprint density at radius 1 is 0.984 bits per heavy atom. The largest absolute Gasteiger partial charge is 0.461 e. The molecule has 5 atom stereocenters. The monoisotopic (exact) mass is 870 g/mol. The topological polar surface area (TPSA) is 137 Å². The highest BCUT2D eigenvalue weighted by Gasteiger charge is 2.65. The van der Waals surface area contributed by atoms with Crippen LogP contribution in [0.5, 0.6) is 6.01 Å². The van der Waals surface area contributed by atoms with Gasteiger partial charge in [-0.1, -0.05) is 0 Å². The molecule has 61 heavy (non-hydrogen) atoms. The number of nitrogens with zero attached hydrogens (tertiary/aromatic N) is 7. The summed E-state index contributed by atoms with van der Waals surface area (Å²) in [5, 5.41) is 12.1. The first-order chi connectivity index (χ1) is 29.0. The third-order valence-electron chi connectivity index (χ3n) is 14.0. The van der Waals surface area contributed by atoms with Crippen molar-refractivity contribution >= 4 is 55.0 Å². The smallest absolute Gasteiger partial charge is 0.319 e. The van der Waals surface area contributed by atoms with Crippen LogP contribution in [0.15, 0.2) is 16.9 Å². The molecular formula is C41H37F7N8O4S. The van der Waals surface area contributed by atoms with Gasteiger partial charge in [0.15, 0.2) is 5.82 Å². The van der Waals surface area contributed by atoms with Crippen LogP contribution in [-0.2, 0) is 9.59 Å². The molecular weight excluding hydrogens is 834 g/mol. The third-order valence-corrected chi connectivity index (χ3v) is 15.1. The number of nitrogens with one attached hydrogen (secondary N) is 1. The lowest BCUT2D eigenvalue weighted by Crippen LogP contribution is -2.64. The van der Waals surface area contributed by atoms with Gasteiger partial charge in [0, 0.05) is 62.4 Å². The second-order valence-electron chi connectivity index (χ2n) is 17.9. The van der Waals surface area contributed by atoms with Gasteiger partial charge >= 0.3 is 6.01 Å². The quantitative estimate of drug-likeness (QED) is 0.186. The maximum Gasteiger partial charge on any atom is 0.319 e. The van der Waals surface area contributed by atoms with E-state index in [0.717, 1.165) is 12.5 Å². The summed E-state index contributed by atoms with van der Waals surface area (Å²) in [6.45, 7) is 1.49. The van der Waals surface area contributed by atoms with Crippen molar-refractivity contribution in [1.29, 1.82) is 5.26 Å². The average molecular weight is 871 g/mol. The van der Waals surface area contributed by atoms with Crippen LogP contribution in [0.4, 0.5) is 41.6 Å². The number of pyridine rings is 1. The Balaban J connectivity index is 1.06. The molecule has 3 saturated carbocycles. The number of nitriles is 1. The van der Waals surface area contributed by atoms with Crippen LogP contribution in [0.1, 0.15) is 69.4 Å². The summed E-state index contributed by atoms with van der Waals surface area (Å²) in [5.74, 6) is -12.8. The number of benzene rings is 1. The number of fused-ring (bicyclic) bond motifs is 3. The summed E-state index contributed by atoms with van der Waals surface area (Å²) < 4.78 is 111. The van der Waals surface area contributed by atoms with Crippen LogP contribution in [0, 0.1) is 34.8 Å². The normalized spacial score (nSPS) is 29.6. The fourth-order valence-corrected chi connectivity index (χ4v) is 11.5. The van der Waals surface area contributed by atoms with E-state index in [-0.39, 0.29) is 88.3 Å². The molecule has 11 rings (SSSR count). The number of carbonyl (C=O) groups excluding carboxylic acids is 2. The molecule has 4 aliphatic heterocycles. The van der Waals surface area contributed by atoms with Crippen LogP contribution < -0.4 is 20.5 Å². The lowest BCUT2D eigenvalue weighted by Gasteiger charge is -2.50. The van der Waals surface area contributed by atoms with Crippen LogP contribution in [0.25, 0.3) is 32.2 Å². The zero-order chi connectivity index (χ0) is 42.5. The number of alkyl halides is 5. The van der Waals surface area contributed by atoms with E-state index in [1.807, 2.05) is 11.0 Å². The SMILES string of the molecule is N#Cc1c(NC(=O)C2CC2(F)F)sc2c(F)ccc(-c3c(F)c4nc(OC[C@@]56CCCN5C[C@H](F)C6)nc(N5CCC6(CCN6C(=O)C6CC6(F)F)C5)c4c(=O)n3C3CC3)c12. The highest BCUT2D eigenvalue weighted by molar-refractivity contribution is 7.23. The number of rotatable bonds is 9. The number of thiophene rings is 1. The molecule has 12 nitrogen and oxygen atoms in total. The van der Waals surface area contributed by atoms with Gasteiger partial charge in [-0.25, -0.2) is 30.7 Å². The Morgan fingerprint density at radius 2 is 1.72 bits per heavy atom. The molecule has 1 spiro atoms. The summed E-state index contributed by atoms with van der Waals surface area (Å²) in [4.78, 5) is 55.4. The lowest BCUT2D eigenvalue weighted by atomic mass is 9.83. The van der Waals surface area contributed by atoms with Gasteiger partial charge in [0.25, 0.3) is 17.4 Å². The Hall–Kier alpha value is -5.03. The molecule has 1 aromatic carbocycles. The summed E-state index contributed by atoms with van der Waals surface area (Å²) in [6.07, 6.45) is 1.22. The van der Waals surface area contributed by atoms with E-state index < -0.39 is 94.3 Å². The predicted molar refractivity (Wildman–Crippen MR) is 207 cm³/mol. The molecule has 3 aliphatic carbocycles. The number of amides is 2. The number of likely N-dealkylation sites (tertiary alicyclic amines) is 1. The number of carbonyl (C=O) groups is 2. The first-order valence-electron chi connectivity index (χ1n) is 20.5. The Morgan fingerprint density at radius 3 is 2.39 bits per heavy atom. The minimum atomic E-state index is -3.22. The minimum absolute atomic E-state index is 0.00715. The maximum absolute atomic E-state index is 17.9. The van der Waals surface area contributed by atoms with Gasteiger partial charge in [-0.2, -0.15) is 15.2 Å². The number of aromatic nitrogens is 3. The highest BCUT2D eigenvalue weighted by Crippen LogP contribution is 2.54. The zero-order valence-corrected chi connectivity index (χ0v) is 33.2. The van der Waals surface area contributed by atoms with Crippen molar-refractivity contribution in [2.75, 3.05) is 49.5 Å². The zero-order valence-electron chi connectivity index (χ0n) is 32.4. The molecule has 320 valence electrons. The third kappa shape index (κ3) is 5.88. The molecule has 7 aliphatic rings. The van der Waals surface area contributed by atoms with Gasteiger partial charge in [-0.05, 0) is 57.2 Å². The fourth-order valence-electron chi connectivity index (χ4n) is 10.4. The minimum Gasteiger partial charge on any atom is -0.461 e. The summed E-state index contributed by atoms with van der Waals surface area (Å²) >= 11 is 0.627. The van der Waals surface area contributed by atoms with E-state index in [0.29, 0.717) is 50.0 Å². The Kier molecular flexibility index (Phi) is 8.28. The van der Waals surface area contributed by atoms with Crippen molar-refractivity contribution in [3.8, 4) is 23.3 Å². The Labute approximate surface area is 346 Å². The van der Waals surface area contributed by atoms with E-state index in [9.17, 15) is 36.8 Å². The number of hydrogen-bond donors (Lipinski definition) is 1. The molecule has 4 aromatic rings. The summed E-state index contributed by atoms with van der Waals surface area (Å²) in [6, 6.07) is 3.33. The van der Waals surface area contributed by atoms with Crippen LogP contribution >= 0.6 is 11.3 Å². The van der Waals surface area contributed by atoms with E-state index in [1.165, 1.54) is 15.5 Å². The van der Waals surface area contributed by atoms with E-state index in [2.05, 4.69) is 10.3 Å². The number of halogens is 7. The summed E-state index contributed by atoms with van der Waals surface area (Å²) in [5.41, 5.74) is -3.33. The average Bonchev–Trinajstić information content (AvgIpc) is 4.09. The van der Waals surface area contributed by atoms with Crippen molar-refractivity contribution in [3.05, 3.63) is 39.7 Å². The van der Waals surface area contributed by atoms with Crippen molar-refractivity contribution in [2.45, 2.75) is 92.9 Å². The van der Waals surface area contributed by atoms with Gasteiger partial charge in [-0.3, -0.25) is 19.3 Å². The van der Waals surface area contributed by atoms with E-state index >= 15 is 13.6 Å². The molecule has 1 N–H and O–H groups in total. The Bertz CT molecular complexity index is 2720. The molecule has 3 aromatic heterocycles. The first kappa shape index (κ1) is 38.9. The molecule has 20 heteroatoms. The standard InChI is InChI=1S/C41H37F7N8O4S/c42-19-12-39(6-1-9-54(39)16-19)18-60-37-50-29-27(32(51-37)53-10-7-38(17-53)8-11-55(38)35(58)24-14-41(24,47)48)36(59)56(20-2-3-20)30(28(29)44)21-4-5-25(43)31-26(21)22(15-49)34(61-31)52-33(57)23-13-40(23,45)46/h4-5,19-20,23-24H,1-3,6-14,16-18H2,(H,52,57)/t19-,23?,24?,38?,39+/m1/s1. The molecule has 7 fully saturated rings. The van der Waals surface area contributed by atoms with Crippen LogP contribution in [0.3, 0.4) is 0 Å². The van der Waals surface area contributed by atoms with E-state index in [4.69, 9.17) is 9.72 Å². The number of anilines is 2. The van der Waals surface area contributed by atoms with Gasteiger partial charge in [-0.15, -0.1) is 11.3 Å². The van der Waals surface area contributed by atoms with Crippen molar-refractivity contribution in [1.82, 2.24) is 24.3 Å². The molecule has 4 saturated heterocycles. The molecule has 0 radical (unpaired) electrons. The molecule has 3 unspecified atom stereocenters. The second-order valence-corrected chi connectivity index (χ2v) is 18.9. The van der Waals surface area contributed by atoms with Crippen molar-refractivity contribution < 1.29 is 45.1 Å².